The second-order valence-corrected chi connectivity index (χ2v) is 2.96. The van der Waals surface area contributed by atoms with Gasteiger partial charge in [0.25, 0.3) is 0 Å². The first-order chi connectivity index (χ1) is 7.93. The van der Waals surface area contributed by atoms with E-state index in [0.29, 0.717) is 0 Å². The molecule has 1 aromatic carbocycles. The Morgan fingerprint density at radius 2 is 1.88 bits per heavy atom. The lowest BCUT2D eigenvalue weighted by molar-refractivity contribution is 1.66. The maximum atomic E-state index is 3.99. The van der Waals surface area contributed by atoms with Crippen molar-refractivity contribution in [1.82, 2.24) is 0 Å². The first kappa shape index (κ1) is 11.7. The summed E-state index contributed by atoms with van der Waals surface area (Å²) in [6.07, 6.45) is 12.7. The summed E-state index contributed by atoms with van der Waals surface area (Å²) < 4.78 is 0. The second kappa shape index (κ2) is 8.02. The fourth-order valence-electron chi connectivity index (χ4n) is 1.01. The van der Waals surface area contributed by atoms with Crippen molar-refractivity contribution in [2.45, 2.75) is 0 Å². The Balaban J connectivity index is 2.43. The first-order valence-corrected chi connectivity index (χ1v) is 5.04. The normalized spacial score (nSPS) is 10.8. The first-order valence-electron chi connectivity index (χ1n) is 5.04. The lowest BCUT2D eigenvalue weighted by Gasteiger charge is -1.84. The van der Waals surface area contributed by atoms with Crippen LogP contribution >= 0.6 is 0 Å². The van der Waals surface area contributed by atoms with E-state index in [1.165, 1.54) is 0 Å². The maximum Gasteiger partial charge on any atom is 0.311 e. The monoisotopic (exact) mass is 208 g/mol. The topological polar surface area (TPSA) is 4.36 Å². The van der Waals surface area contributed by atoms with Crippen molar-refractivity contribution >= 4 is 6.08 Å². The molecule has 0 aliphatic carbocycles. The van der Waals surface area contributed by atoms with E-state index in [0.717, 1.165) is 5.56 Å². The molecule has 0 aliphatic heterocycles. The number of nitrogens with zero attached hydrogens (tertiary/aromatic N) is 1. The van der Waals surface area contributed by atoms with Gasteiger partial charge in [0.15, 0.2) is 0 Å². The molecule has 16 heavy (non-hydrogen) atoms. The van der Waals surface area contributed by atoms with E-state index in [1.807, 2.05) is 54.6 Å². The maximum absolute atomic E-state index is 3.99. The Bertz CT molecular complexity index is 453. The average molecular weight is 208 g/mol. The van der Waals surface area contributed by atoms with Crippen LogP contribution in [0.2, 0.25) is 0 Å². The van der Waals surface area contributed by atoms with E-state index in [2.05, 4.69) is 17.5 Å². The van der Waals surface area contributed by atoms with E-state index in [9.17, 15) is 0 Å². The van der Waals surface area contributed by atoms with Crippen LogP contribution in [-0.2, 0) is 0 Å². The molecule has 78 valence electrons. The standard InChI is InChI=1S/C15H14N/c1-2-3-4-5-9-13-16-14-12-15-10-7-6-8-11-15/h2-12,14H,1H2/q+1. The molecule has 0 amide bonds. The molecule has 0 saturated carbocycles. The van der Waals surface area contributed by atoms with E-state index in [-0.39, 0.29) is 0 Å². The van der Waals surface area contributed by atoms with Gasteiger partial charge in [-0.15, -0.1) is 0 Å². The van der Waals surface area contributed by atoms with Crippen molar-refractivity contribution < 1.29 is 0 Å². The zero-order valence-electron chi connectivity index (χ0n) is 9.08. The van der Waals surface area contributed by atoms with Crippen molar-refractivity contribution in [3.8, 4) is 6.07 Å². The van der Waals surface area contributed by atoms with Crippen molar-refractivity contribution in [1.29, 1.82) is 0 Å². The fourth-order valence-corrected chi connectivity index (χ4v) is 1.01. The number of allylic oxidation sites excluding steroid dienone is 5. The van der Waals surface area contributed by atoms with Crippen molar-refractivity contribution in [3.63, 3.8) is 0 Å². The quantitative estimate of drug-likeness (QED) is 0.515. The van der Waals surface area contributed by atoms with Crippen LogP contribution in [0.3, 0.4) is 0 Å². The summed E-state index contributed by atoms with van der Waals surface area (Å²) in [7, 11) is 0. The van der Waals surface area contributed by atoms with Gasteiger partial charge in [0, 0.05) is 6.08 Å². The minimum absolute atomic E-state index is 1.13. The molecule has 1 nitrogen and oxygen atoms in total. The Kier molecular flexibility index (Phi) is 5.88. The van der Waals surface area contributed by atoms with E-state index >= 15 is 0 Å². The summed E-state index contributed by atoms with van der Waals surface area (Å²) in [6, 6.07) is 12.8. The van der Waals surface area contributed by atoms with Gasteiger partial charge in [0.05, 0.1) is 6.08 Å². The molecule has 0 radical (unpaired) electrons. The molecule has 0 aliphatic rings. The molecular weight excluding hydrogens is 194 g/mol. The van der Waals surface area contributed by atoms with Crippen molar-refractivity contribution in [2.75, 3.05) is 0 Å². The van der Waals surface area contributed by atoms with Gasteiger partial charge >= 0.3 is 12.3 Å². The van der Waals surface area contributed by atoms with Crippen LogP contribution in [0.1, 0.15) is 5.56 Å². The molecule has 0 N–H and O–H groups in total. The summed E-state index contributed by atoms with van der Waals surface area (Å²) in [6.45, 7) is 3.57. The highest BCUT2D eigenvalue weighted by atomic mass is 14.6. The minimum atomic E-state index is 1.13. The third-order valence-electron chi connectivity index (χ3n) is 1.74. The van der Waals surface area contributed by atoms with Gasteiger partial charge in [-0.05, 0) is 16.5 Å². The smallest absolute Gasteiger partial charge is 0.0991 e. The number of hydrogen-bond acceptors (Lipinski definition) is 0. The lowest BCUT2D eigenvalue weighted by Crippen LogP contribution is -1.65. The van der Waals surface area contributed by atoms with Crippen molar-refractivity contribution in [3.05, 3.63) is 83.9 Å². The van der Waals surface area contributed by atoms with Gasteiger partial charge < -0.3 is 0 Å². The molecule has 1 heteroatoms. The van der Waals surface area contributed by atoms with E-state index < -0.39 is 0 Å². The summed E-state index contributed by atoms with van der Waals surface area (Å²) >= 11 is 0. The second-order valence-electron chi connectivity index (χ2n) is 2.96. The molecule has 0 unspecified atom stereocenters. The highest BCUT2D eigenvalue weighted by Gasteiger charge is 1.84. The van der Waals surface area contributed by atoms with Crippen LogP contribution in [0, 0.1) is 6.07 Å². The van der Waals surface area contributed by atoms with Crippen molar-refractivity contribution in [2.24, 2.45) is 0 Å². The Morgan fingerprint density at radius 3 is 2.62 bits per heavy atom. The van der Waals surface area contributed by atoms with Gasteiger partial charge in [-0.25, -0.2) is 0 Å². The molecule has 0 atom stereocenters. The Labute approximate surface area is 96.6 Å². The Hall–Kier alpha value is -2.33. The molecular formula is C15H14N+. The lowest BCUT2D eigenvalue weighted by atomic mass is 10.2. The van der Waals surface area contributed by atoms with Crippen LogP contribution < -0.4 is 0 Å². The summed E-state index contributed by atoms with van der Waals surface area (Å²) in [4.78, 5) is 3.99. The number of benzene rings is 1. The van der Waals surface area contributed by atoms with Crippen LogP contribution in [0.4, 0.5) is 0 Å². The molecule has 0 spiro atoms. The van der Waals surface area contributed by atoms with Crippen LogP contribution in [-0.4, -0.2) is 0 Å². The van der Waals surface area contributed by atoms with Gasteiger partial charge in [-0.3, -0.25) is 0 Å². The zero-order valence-corrected chi connectivity index (χ0v) is 9.08. The highest BCUT2D eigenvalue weighted by Crippen LogP contribution is 2.00. The predicted molar refractivity (Wildman–Crippen MR) is 71.2 cm³/mol. The number of rotatable bonds is 3. The molecule has 1 rings (SSSR count). The molecule has 0 heterocycles. The van der Waals surface area contributed by atoms with Gasteiger partial charge in [0.1, 0.15) is 0 Å². The SMILES string of the molecule is C=CC=CC=CC#[N+]C=Cc1ccccc1. The largest absolute Gasteiger partial charge is 0.311 e. The minimum Gasteiger partial charge on any atom is -0.0991 e. The zero-order chi connectivity index (χ0) is 11.5. The molecule has 0 fully saturated rings. The van der Waals surface area contributed by atoms with E-state index in [4.69, 9.17) is 0 Å². The van der Waals surface area contributed by atoms with Crippen LogP contribution in [0.5, 0.6) is 0 Å². The van der Waals surface area contributed by atoms with Gasteiger partial charge in [-0.2, -0.15) is 0 Å². The molecule has 0 saturated heterocycles. The summed E-state index contributed by atoms with van der Waals surface area (Å²) in [5.41, 5.74) is 1.13. The summed E-state index contributed by atoms with van der Waals surface area (Å²) in [5.74, 6) is 0. The fraction of sp³-hybridized carbons (Fsp3) is 0. The number of hydrogen-bond donors (Lipinski definition) is 0. The summed E-state index contributed by atoms with van der Waals surface area (Å²) in [5, 5.41) is 0. The van der Waals surface area contributed by atoms with Crippen LogP contribution in [0.25, 0.3) is 10.9 Å². The molecule has 0 aromatic heterocycles. The predicted octanol–water partition coefficient (Wildman–Crippen LogP) is 4.29. The third-order valence-corrected chi connectivity index (χ3v) is 1.74. The molecule has 0 bridgehead atoms. The molecule has 1 aromatic rings. The van der Waals surface area contributed by atoms with E-state index in [1.54, 1.807) is 18.4 Å². The van der Waals surface area contributed by atoms with Gasteiger partial charge in [0.2, 0.25) is 0 Å². The Morgan fingerprint density at radius 1 is 1.06 bits per heavy atom. The van der Waals surface area contributed by atoms with Gasteiger partial charge in [-0.1, -0.05) is 55.1 Å². The third kappa shape index (κ3) is 5.41. The van der Waals surface area contributed by atoms with Crippen LogP contribution in [0.15, 0.2) is 73.5 Å². The average Bonchev–Trinajstić information content (AvgIpc) is 2.34. The highest BCUT2D eigenvalue weighted by molar-refractivity contribution is 5.50.